The van der Waals surface area contributed by atoms with Gasteiger partial charge in [-0.3, -0.25) is 4.79 Å². The third kappa shape index (κ3) is 8.65. The highest BCUT2D eigenvalue weighted by atomic mass is 16.7. The molecule has 2 aliphatic heterocycles. The van der Waals surface area contributed by atoms with Crippen LogP contribution in [0.25, 0.3) is 28.4 Å². The van der Waals surface area contributed by atoms with Crippen LogP contribution in [0.3, 0.4) is 0 Å². The van der Waals surface area contributed by atoms with Crippen LogP contribution in [0.1, 0.15) is 17.2 Å². The third-order valence-electron chi connectivity index (χ3n) is 9.97. The Morgan fingerprint density at radius 1 is 0.763 bits per heavy atom. The van der Waals surface area contributed by atoms with Crippen molar-refractivity contribution in [2.45, 2.75) is 61.2 Å². The second-order valence-corrected chi connectivity index (χ2v) is 13.5. The fourth-order valence-electron chi connectivity index (χ4n) is 6.88. The largest absolute Gasteiger partial charge is 0.508 e. The number of rotatable bonds is 13. The van der Waals surface area contributed by atoms with Crippen molar-refractivity contribution in [1.29, 1.82) is 0 Å². The second kappa shape index (κ2) is 18.2. The third-order valence-corrected chi connectivity index (χ3v) is 9.97. The maximum absolute atomic E-state index is 13.6. The quantitative estimate of drug-likeness (QED) is 0.0673. The van der Waals surface area contributed by atoms with E-state index in [0.29, 0.717) is 28.4 Å². The molecule has 0 spiro atoms. The van der Waals surface area contributed by atoms with Gasteiger partial charge in [-0.2, -0.15) is 0 Å². The molecular formula is C40H44O19. The lowest BCUT2D eigenvalue weighted by Crippen LogP contribution is -2.62. The standard InChI is InChI=1S/C40H44O19/c1-51-22-14-23-29(20(43)13-21(56-23)18-6-8-19(42)9-7-18)33(47)30(22)38-39(59-40-36(50)34(48)31(45)26(15-41)58-40)35(49)32(46)27(57-38)16-55-28(44)10-5-17-11-24(52-2)37(54-4)25(12-17)53-3/h5-14,26-27,31-32,34-36,38-42,45-50H,15-16H2,1-4H3/b10-5+/t26-,27-,31-,32-,34+,35+,36-,38+,39-,40+/m1/s1. The molecule has 8 N–H and O–H groups in total. The minimum atomic E-state index is -1.99. The molecule has 0 unspecified atom stereocenters. The van der Waals surface area contributed by atoms with Gasteiger partial charge >= 0.3 is 5.97 Å². The molecule has 19 heteroatoms. The molecule has 3 heterocycles. The van der Waals surface area contributed by atoms with E-state index < -0.39 is 91.6 Å². The van der Waals surface area contributed by atoms with Gasteiger partial charge in [-0.25, -0.2) is 4.79 Å². The Kier molecular flexibility index (Phi) is 13.3. The number of carbonyl (C=O) groups is 1. The first kappa shape index (κ1) is 43.1. The molecule has 3 aromatic carbocycles. The zero-order chi connectivity index (χ0) is 42.7. The molecule has 0 amide bonds. The molecule has 4 aromatic rings. The van der Waals surface area contributed by atoms with Crippen LogP contribution < -0.4 is 24.4 Å². The molecule has 2 aliphatic rings. The van der Waals surface area contributed by atoms with Crippen molar-refractivity contribution in [2.24, 2.45) is 0 Å². The van der Waals surface area contributed by atoms with E-state index in [1.54, 1.807) is 12.1 Å². The number of fused-ring (bicyclic) bond motifs is 1. The molecule has 2 saturated heterocycles. The van der Waals surface area contributed by atoms with Gasteiger partial charge in [0.2, 0.25) is 5.75 Å². The van der Waals surface area contributed by atoms with Gasteiger partial charge in [0.15, 0.2) is 23.2 Å². The van der Waals surface area contributed by atoms with Crippen LogP contribution >= 0.6 is 0 Å². The summed E-state index contributed by atoms with van der Waals surface area (Å²) in [5.41, 5.74) is -0.314. The molecule has 2 fully saturated rings. The summed E-state index contributed by atoms with van der Waals surface area (Å²) in [5.74, 6) is -0.826. The molecule has 0 aliphatic carbocycles. The number of carbonyl (C=O) groups excluding carboxylic acids is 1. The molecule has 59 heavy (non-hydrogen) atoms. The molecular weight excluding hydrogens is 784 g/mol. The number of phenolic OH excluding ortho intramolecular Hbond substituents is 2. The fraction of sp³-hybridized carbons (Fsp3) is 0.400. The number of ether oxygens (including phenoxy) is 8. The Bertz CT molecular complexity index is 2180. The van der Waals surface area contributed by atoms with E-state index >= 15 is 0 Å². The van der Waals surface area contributed by atoms with E-state index in [1.807, 2.05) is 0 Å². The maximum atomic E-state index is 13.6. The number of phenols is 2. The van der Waals surface area contributed by atoms with Crippen LogP contribution in [0, 0.1) is 0 Å². The van der Waals surface area contributed by atoms with Gasteiger partial charge in [-0.15, -0.1) is 0 Å². The number of aliphatic hydroxyl groups is 6. The SMILES string of the molecule is COc1cc(/C=C/C(=O)OC[C@H]2O[C@@H](c3c(OC)cc4oc(-c5ccc(O)cc5)cc(=O)c4c3O)[C@H](O[C@@H]3O[C@H](CO)[C@@H](O)[C@H](O)[C@H]3O)[C@@H](O)[C@@H]2O)cc(OC)c1OC. The van der Waals surface area contributed by atoms with Crippen molar-refractivity contribution in [3.8, 4) is 45.8 Å². The first-order chi connectivity index (χ1) is 28.2. The van der Waals surface area contributed by atoms with Crippen molar-refractivity contribution in [2.75, 3.05) is 41.7 Å². The fourth-order valence-corrected chi connectivity index (χ4v) is 6.88. The number of benzene rings is 3. The van der Waals surface area contributed by atoms with E-state index in [2.05, 4.69) is 0 Å². The summed E-state index contributed by atoms with van der Waals surface area (Å²) in [4.78, 5) is 26.6. The number of hydrogen-bond donors (Lipinski definition) is 8. The first-order valence-electron chi connectivity index (χ1n) is 18.0. The monoisotopic (exact) mass is 828 g/mol. The van der Waals surface area contributed by atoms with Crippen LogP contribution in [0.4, 0.5) is 0 Å². The lowest BCUT2D eigenvalue weighted by molar-refractivity contribution is -0.342. The van der Waals surface area contributed by atoms with Crippen LogP contribution in [0.5, 0.6) is 34.5 Å². The Morgan fingerprint density at radius 3 is 2.02 bits per heavy atom. The lowest BCUT2D eigenvalue weighted by Gasteiger charge is -2.46. The van der Waals surface area contributed by atoms with Gasteiger partial charge in [-0.05, 0) is 48.0 Å². The van der Waals surface area contributed by atoms with Crippen molar-refractivity contribution in [3.05, 3.63) is 76.0 Å². The summed E-state index contributed by atoms with van der Waals surface area (Å²) in [7, 11) is 5.50. The smallest absolute Gasteiger partial charge is 0.330 e. The van der Waals surface area contributed by atoms with E-state index in [0.717, 1.165) is 12.1 Å². The number of methoxy groups -OCH3 is 4. The molecule has 1 aromatic heterocycles. The molecule has 318 valence electrons. The number of esters is 1. The predicted molar refractivity (Wildman–Crippen MR) is 202 cm³/mol. The Morgan fingerprint density at radius 2 is 1.41 bits per heavy atom. The Labute approximate surface area is 335 Å². The van der Waals surface area contributed by atoms with Crippen molar-refractivity contribution in [3.63, 3.8) is 0 Å². The van der Waals surface area contributed by atoms with Gasteiger partial charge in [0, 0.05) is 23.8 Å². The highest BCUT2D eigenvalue weighted by molar-refractivity contribution is 5.89. The van der Waals surface area contributed by atoms with Crippen LogP contribution in [-0.2, 0) is 23.7 Å². The maximum Gasteiger partial charge on any atom is 0.330 e. The topological polar surface area (TPSA) is 283 Å². The summed E-state index contributed by atoms with van der Waals surface area (Å²) >= 11 is 0. The second-order valence-electron chi connectivity index (χ2n) is 13.5. The van der Waals surface area contributed by atoms with Crippen LogP contribution in [0.15, 0.2) is 63.8 Å². The van der Waals surface area contributed by atoms with Gasteiger partial charge in [0.25, 0.3) is 0 Å². The van der Waals surface area contributed by atoms with Crippen LogP contribution in [0.2, 0.25) is 0 Å². The average Bonchev–Trinajstić information content (AvgIpc) is 3.23. The molecule has 10 atom stereocenters. The molecule has 0 saturated carbocycles. The minimum absolute atomic E-state index is 0.0266. The summed E-state index contributed by atoms with van der Waals surface area (Å²) in [6.45, 7) is -1.50. The number of hydrogen-bond acceptors (Lipinski definition) is 19. The van der Waals surface area contributed by atoms with Crippen molar-refractivity contribution < 1.29 is 88.0 Å². The van der Waals surface area contributed by atoms with Crippen molar-refractivity contribution in [1.82, 2.24) is 0 Å². The normalized spacial score (nSPS) is 27.1. The van der Waals surface area contributed by atoms with Gasteiger partial charge in [-0.1, -0.05) is 0 Å². The van der Waals surface area contributed by atoms with E-state index in [9.17, 15) is 50.4 Å². The van der Waals surface area contributed by atoms with Gasteiger partial charge in [0.1, 0.15) is 95.5 Å². The molecule has 6 rings (SSSR count). The highest BCUT2D eigenvalue weighted by Crippen LogP contribution is 2.47. The highest BCUT2D eigenvalue weighted by Gasteiger charge is 2.52. The van der Waals surface area contributed by atoms with Crippen molar-refractivity contribution >= 4 is 23.0 Å². The zero-order valence-electron chi connectivity index (χ0n) is 32.0. The minimum Gasteiger partial charge on any atom is -0.508 e. The molecule has 19 nitrogen and oxygen atoms in total. The van der Waals surface area contributed by atoms with Gasteiger partial charge < -0.3 is 83.2 Å². The zero-order valence-corrected chi connectivity index (χ0v) is 32.0. The first-order valence-corrected chi connectivity index (χ1v) is 18.0. The predicted octanol–water partition coefficient (Wildman–Crippen LogP) is 0.509. The number of aliphatic hydroxyl groups excluding tert-OH is 6. The van der Waals surface area contributed by atoms with Gasteiger partial charge in [0.05, 0.1) is 40.6 Å². The van der Waals surface area contributed by atoms with E-state index in [-0.39, 0.29) is 33.8 Å². The van der Waals surface area contributed by atoms with Crippen LogP contribution in [-0.4, -0.2) is 144 Å². The number of aromatic hydroxyl groups is 2. The summed E-state index contributed by atoms with van der Waals surface area (Å²) in [6, 6.07) is 11.3. The van der Waals surface area contributed by atoms with E-state index in [4.69, 9.17) is 42.3 Å². The summed E-state index contributed by atoms with van der Waals surface area (Å²) in [5, 5.41) is 85.4. The molecule has 0 radical (unpaired) electrons. The molecule has 0 bridgehead atoms. The van der Waals surface area contributed by atoms with E-state index in [1.165, 1.54) is 64.8 Å². The average molecular weight is 829 g/mol. The Balaban J connectivity index is 1.35. The summed E-state index contributed by atoms with van der Waals surface area (Å²) < 4.78 is 50.5. The Hall–Kier alpha value is -5.48. The summed E-state index contributed by atoms with van der Waals surface area (Å²) in [6.07, 6.45) is -15.4. The lowest BCUT2D eigenvalue weighted by atomic mass is 9.89.